The van der Waals surface area contributed by atoms with Gasteiger partial charge in [0.2, 0.25) is 0 Å². The fourth-order valence-corrected chi connectivity index (χ4v) is 1.23. The van der Waals surface area contributed by atoms with Gasteiger partial charge in [-0.1, -0.05) is 11.8 Å². The smallest absolute Gasteiger partial charge is 0.104 e. The third-order valence-corrected chi connectivity index (χ3v) is 2.10. The van der Waals surface area contributed by atoms with E-state index in [1.54, 1.807) is 0 Å². The molecule has 0 aromatic rings. The Morgan fingerprint density at radius 2 is 1.83 bits per heavy atom. The molecule has 1 N–H and O–H groups in total. The lowest BCUT2D eigenvalue weighted by atomic mass is 10.3. The highest BCUT2D eigenvalue weighted by atomic mass is 16.2. The number of rotatable bonds is 1. The Morgan fingerprint density at radius 3 is 2.42 bits per heavy atom. The van der Waals surface area contributed by atoms with Gasteiger partial charge in [-0.2, -0.15) is 0 Å². The summed E-state index contributed by atoms with van der Waals surface area (Å²) in [5, 5.41) is 8.44. The maximum absolute atomic E-state index is 8.44. The summed E-state index contributed by atoms with van der Waals surface area (Å²) in [5.74, 6) is 5.58. The summed E-state index contributed by atoms with van der Waals surface area (Å²) in [6, 6.07) is 0. The van der Waals surface area contributed by atoms with Gasteiger partial charge in [0, 0.05) is 26.2 Å². The van der Waals surface area contributed by atoms with E-state index in [0.29, 0.717) is 0 Å². The van der Waals surface area contributed by atoms with Gasteiger partial charge in [0.05, 0.1) is 6.54 Å². The molecule has 0 amide bonds. The lowest BCUT2D eigenvalue weighted by Gasteiger charge is -2.30. The molecule has 0 unspecified atom stereocenters. The number of hydrogen-bond donors (Lipinski definition) is 1. The molecule has 0 aromatic heterocycles. The van der Waals surface area contributed by atoms with Gasteiger partial charge in [-0.25, -0.2) is 0 Å². The summed E-state index contributed by atoms with van der Waals surface area (Å²) in [7, 11) is 2.14. The molecule has 0 atom stereocenters. The number of likely N-dealkylation sites (N-methyl/N-ethyl adjacent to an activating group) is 1. The molecule has 1 aliphatic heterocycles. The van der Waals surface area contributed by atoms with E-state index in [0.717, 1.165) is 32.7 Å². The van der Waals surface area contributed by atoms with Gasteiger partial charge in [0.15, 0.2) is 0 Å². The van der Waals surface area contributed by atoms with E-state index in [1.807, 2.05) is 0 Å². The maximum Gasteiger partial charge on any atom is 0.104 e. The third-order valence-electron chi connectivity index (χ3n) is 2.10. The van der Waals surface area contributed by atoms with Crippen LogP contribution in [0.5, 0.6) is 0 Å². The Labute approximate surface area is 74.0 Å². The molecule has 0 aliphatic carbocycles. The summed E-state index contributed by atoms with van der Waals surface area (Å²) in [6.45, 7) is 5.22. The molecule has 1 heterocycles. The van der Waals surface area contributed by atoms with Crippen molar-refractivity contribution in [2.45, 2.75) is 0 Å². The van der Waals surface area contributed by atoms with Crippen molar-refractivity contribution in [2.24, 2.45) is 0 Å². The monoisotopic (exact) mass is 168 g/mol. The lowest BCUT2D eigenvalue weighted by Crippen LogP contribution is -2.44. The molecule has 3 nitrogen and oxygen atoms in total. The molecule has 3 heteroatoms. The fourth-order valence-electron chi connectivity index (χ4n) is 1.23. The van der Waals surface area contributed by atoms with Crippen molar-refractivity contribution in [3.63, 3.8) is 0 Å². The van der Waals surface area contributed by atoms with E-state index in [4.69, 9.17) is 5.11 Å². The summed E-state index contributed by atoms with van der Waals surface area (Å²) < 4.78 is 0. The lowest BCUT2D eigenvalue weighted by molar-refractivity contribution is 0.168. The SMILES string of the molecule is CN1CCN(CC#CCO)CC1. The van der Waals surface area contributed by atoms with Crippen LogP contribution < -0.4 is 0 Å². The van der Waals surface area contributed by atoms with Gasteiger partial charge in [-0.15, -0.1) is 0 Å². The first-order valence-corrected chi connectivity index (χ1v) is 4.30. The minimum Gasteiger partial charge on any atom is -0.384 e. The standard InChI is InChI=1S/C9H16N2O/c1-10-5-7-11(8-6-10)4-2-3-9-12/h12H,4-9H2,1H3. The molecule has 1 saturated heterocycles. The van der Waals surface area contributed by atoms with E-state index >= 15 is 0 Å². The molecule has 0 bridgehead atoms. The molecular weight excluding hydrogens is 152 g/mol. The second-order valence-corrected chi connectivity index (χ2v) is 3.09. The molecule has 0 spiro atoms. The van der Waals surface area contributed by atoms with Crippen LogP contribution in [0.1, 0.15) is 0 Å². The largest absolute Gasteiger partial charge is 0.384 e. The Hall–Kier alpha value is -0.560. The first kappa shape index (κ1) is 9.53. The number of hydrogen-bond acceptors (Lipinski definition) is 3. The minimum atomic E-state index is -0.0201. The van der Waals surface area contributed by atoms with Gasteiger partial charge in [0.1, 0.15) is 6.61 Å². The van der Waals surface area contributed by atoms with Gasteiger partial charge in [-0.05, 0) is 7.05 Å². The number of piperazine rings is 1. The highest BCUT2D eigenvalue weighted by molar-refractivity contribution is 5.01. The molecule has 68 valence electrons. The second kappa shape index (κ2) is 5.15. The summed E-state index contributed by atoms with van der Waals surface area (Å²) in [5.41, 5.74) is 0. The number of aliphatic hydroxyl groups is 1. The van der Waals surface area contributed by atoms with Gasteiger partial charge in [-0.3, -0.25) is 4.90 Å². The first-order chi connectivity index (χ1) is 5.83. The minimum absolute atomic E-state index is 0.0201. The maximum atomic E-state index is 8.44. The van der Waals surface area contributed by atoms with Crippen LogP contribution in [0.2, 0.25) is 0 Å². The van der Waals surface area contributed by atoms with Crippen LogP contribution in [0.3, 0.4) is 0 Å². The Morgan fingerprint density at radius 1 is 1.17 bits per heavy atom. The summed E-state index contributed by atoms with van der Waals surface area (Å²) in [4.78, 5) is 4.62. The van der Waals surface area contributed by atoms with Crippen LogP contribution in [0.15, 0.2) is 0 Å². The normalized spacial score (nSPS) is 20.2. The molecular formula is C9H16N2O. The van der Waals surface area contributed by atoms with Crippen molar-refractivity contribution in [2.75, 3.05) is 46.4 Å². The Balaban J connectivity index is 2.17. The van der Waals surface area contributed by atoms with Crippen molar-refractivity contribution in [3.8, 4) is 11.8 Å². The highest BCUT2D eigenvalue weighted by Gasteiger charge is 2.11. The van der Waals surface area contributed by atoms with Crippen LogP contribution in [-0.2, 0) is 0 Å². The van der Waals surface area contributed by atoms with Crippen LogP contribution in [0.25, 0.3) is 0 Å². The van der Waals surface area contributed by atoms with E-state index in [2.05, 4.69) is 28.7 Å². The van der Waals surface area contributed by atoms with Crippen molar-refractivity contribution >= 4 is 0 Å². The predicted octanol–water partition coefficient (Wildman–Crippen LogP) is -0.770. The molecule has 0 saturated carbocycles. The predicted molar refractivity (Wildman–Crippen MR) is 48.8 cm³/mol. The third kappa shape index (κ3) is 3.22. The van der Waals surface area contributed by atoms with Crippen LogP contribution in [-0.4, -0.2) is 61.3 Å². The zero-order valence-corrected chi connectivity index (χ0v) is 7.58. The Bertz CT molecular complexity index is 175. The summed E-state index contributed by atoms with van der Waals surface area (Å²) >= 11 is 0. The molecule has 0 aromatic carbocycles. The molecule has 1 rings (SSSR count). The topological polar surface area (TPSA) is 26.7 Å². The van der Waals surface area contributed by atoms with Gasteiger partial charge >= 0.3 is 0 Å². The number of aliphatic hydroxyl groups excluding tert-OH is 1. The van der Waals surface area contributed by atoms with Crippen molar-refractivity contribution in [1.29, 1.82) is 0 Å². The zero-order chi connectivity index (χ0) is 8.81. The van der Waals surface area contributed by atoms with Crippen molar-refractivity contribution in [1.82, 2.24) is 9.80 Å². The second-order valence-electron chi connectivity index (χ2n) is 3.09. The molecule has 0 radical (unpaired) electrons. The summed E-state index contributed by atoms with van der Waals surface area (Å²) in [6.07, 6.45) is 0. The van der Waals surface area contributed by atoms with E-state index < -0.39 is 0 Å². The average molecular weight is 168 g/mol. The fraction of sp³-hybridized carbons (Fsp3) is 0.778. The highest BCUT2D eigenvalue weighted by Crippen LogP contribution is 1.96. The quantitative estimate of drug-likeness (QED) is 0.521. The van der Waals surface area contributed by atoms with E-state index in [9.17, 15) is 0 Å². The molecule has 1 fully saturated rings. The molecule has 12 heavy (non-hydrogen) atoms. The van der Waals surface area contributed by atoms with Crippen molar-refractivity contribution < 1.29 is 5.11 Å². The first-order valence-electron chi connectivity index (χ1n) is 4.30. The van der Waals surface area contributed by atoms with E-state index in [-0.39, 0.29) is 6.61 Å². The van der Waals surface area contributed by atoms with Gasteiger partial charge < -0.3 is 10.0 Å². The average Bonchev–Trinajstić information content (AvgIpc) is 2.09. The molecule has 1 aliphatic rings. The van der Waals surface area contributed by atoms with Crippen molar-refractivity contribution in [3.05, 3.63) is 0 Å². The van der Waals surface area contributed by atoms with Crippen LogP contribution in [0, 0.1) is 11.8 Å². The van der Waals surface area contributed by atoms with Crippen LogP contribution >= 0.6 is 0 Å². The number of nitrogens with zero attached hydrogens (tertiary/aromatic N) is 2. The van der Waals surface area contributed by atoms with E-state index in [1.165, 1.54) is 0 Å². The Kier molecular flexibility index (Phi) is 4.09. The van der Waals surface area contributed by atoms with Gasteiger partial charge in [0.25, 0.3) is 0 Å². The zero-order valence-electron chi connectivity index (χ0n) is 7.58. The van der Waals surface area contributed by atoms with Crippen LogP contribution in [0.4, 0.5) is 0 Å².